The van der Waals surface area contributed by atoms with E-state index in [0.29, 0.717) is 6.61 Å². The fourth-order valence-electron chi connectivity index (χ4n) is 5.01. The molecule has 3 aromatic carbocycles. The molecule has 0 radical (unpaired) electrons. The number of rotatable bonds is 7. The van der Waals surface area contributed by atoms with Crippen molar-refractivity contribution in [3.05, 3.63) is 119 Å². The summed E-state index contributed by atoms with van der Waals surface area (Å²) in [5.41, 5.74) is 4.83. The van der Waals surface area contributed by atoms with Gasteiger partial charge in [-0.2, -0.15) is 12.6 Å². The van der Waals surface area contributed by atoms with Gasteiger partial charge in [-0.05, 0) is 46.8 Å². The predicted octanol–water partition coefficient (Wildman–Crippen LogP) is 7.93. The van der Waals surface area contributed by atoms with Crippen LogP contribution in [0.15, 0.2) is 103 Å². The second-order valence-electron chi connectivity index (χ2n) is 11.4. The van der Waals surface area contributed by atoms with E-state index < -0.39 is 13.9 Å². The first-order chi connectivity index (χ1) is 17.2. The summed E-state index contributed by atoms with van der Waals surface area (Å²) in [5.74, 6) is 0. The molecule has 1 saturated heterocycles. The second-order valence-corrected chi connectivity index (χ2v) is 16.8. The molecule has 0 bridgehead atoms. The smallest absolute Gasteiger partial charge is 0.192 e. The second kappa shape index (κ2) is 11.1. The van der Waals surface area contributed by atoms with Crippen LogP contribution in [0.25, 0.3) is 0 Å². The average molecular weight is 516 g/mol. The van der Waals surface area contributed by atoms with Gasteiger partial charge < -0.3 is 4.43 Å². The van der Waals surface area contributed by atoms with Gasteiger partial charge in [-0.1, -0.05) is 118 Å². The van der Waals surface area contributed by atoms with Crippen molar-refractivity contribution in [2.45, 2.75) is 56.1 Å². The summed E-state index contributed by atoms with van der Waals surface area (Å²) in [7, 11) is -1.81. The van der Waals surface area contributed by atoms with Gasteiger partial charge >= 0.3 is 0 Å². The number of piperidine rings is 1. The lowest BCUT2D eigenvalue weighted by Gasteiger charge is -2.48. The number of likely N-dealkylation sites (tertiary alicyclic amines) is 1. The maximum Gasteiger partial charge on any atom is 0.192 e. The van der Waals surface area contributed by atoms with E-state index in [2.05, 4.69) is 136 Å². The van der Waals surface area contributed by atoms with E-state index >= 15 is 0 Å². The third kappa shape index (κ3) is 5.42. The molecule has 3 aromatic rings. The topological polar surface area (TPSA) is 12.5 Å². The van der Waals surface area contributed by atoms with E-state index in [-0.39, 0.29) is 10.3 Å². The molecule has 0 aliphatic carbocycles. The maximum absolute atomic E-state index is 6.53. The Morgan fingerprint density at radius 2 is 1.28 bits per heavy atom. The average Bonchev–Trinajstić information content (AvgIpc) is 2.87. The molecule has 1 aliphatic rings. The minimum Gasteiger partial charge on any atom is -0.413 e. The fraction of sp³-hybridized carbons (Fsp3) is 0.375. The van der Waals surface area contributed by atoms with Crippen LogP contribution >= 0.6 is 12.6 Å². The quantitative estimate of drug-likeness (QED) is 0.148. The molecule has 0 amide bonds. The summed E-state index contributed by atoms with van der Waals surface area (Å²) in [6.45, 7) is 14.0. The van der Waals surface area contributed by atoms with Crippen molar-refractivity contribution >= 4 is 20.9 Å². The molecule has 190 valence electrons. The number of hydrogen-bond donors (Lipinski definition) is 1. The monoisotopic (exact) mass is 515 g/mol. The van der Waals surface area contributed by atoms with Crippen molar-refractivity contribution in [1.29, 1.82) is 0 Å². The van der Waals surface area contributed by atoms with Crippen molar-refractivity contribution in [2.24, 2.45) is 0 Å². The molecule has 1 unspecified atom stereocenters. The highest BCUT2D eigenvalue weighted by Crippen LogP contribution is 2.44. The van der Waals surface area contributed by atoms with Gasteiger partial charge in [0.25, 0.3) is 0 Å². The van der Waals surface area contributed by atoms with E-state index in [1.54, 1.807) is 0 Å². The largest absolute Gasteiger partial charge is 0.413 e. The summed E-state index contributed by atoms with van der Waals surface area (Å²) in [5, 5.41) is 0.456. The van der Waals surface area contributed by atoms with E-state index in [1.165, 1.54) is 22.3 Å². The molecule has 1 aliphatic heterocycles. The summed E-state index contributed by atoms with van der Waals surface area (Å²) in [6.07, 6.45) is 3.32. The van der Waals surface area contributed by atoms with Crippen LogP contribution in [0.2, 0.25) is 18.1 Å². The Balaban J connectivity index is 1.77. The molecule has 2 nitrogen and oxygen atoms in total. The molecule has 0 N–H and O–H groups in total. The van der Waals surface area contributed by atoms with Crippen molar-refractivity contribution in [2.75, 3.05) is 19.7 Å². The number of benzene rings is 3. The molecule has 1 fully saturated rings. The van der Waals surface area contributed by atoms with Crippen molar-refractivity contribution in [3.8, 4) is 0 Å². The molecule has 0 aromatic heterocycles. The van der Waals surface area contributed by atoms with E-state index in [1.807, 2.05) is 0 Å². The number of thiol groups is 1. The van der Waals surface area contributed by atoms with Gasteiger partial charge in [0.15, 0.2) is 8.32 Å². The third-order valence-corrected chi connectivity index (χ3v) is 13.2. The highest BCUT2D eigenvalue weighted by Gasteiger charge is 2.44. The maximum atomic E-state index is 6.53. The highest BCUT2D eigenvalue weighted by molar-refractivity contribution is 7.81. The van der Waals surface area contributed by atoms with Gasteiger partial charge in [-0.3, -0.25) is 4.90 Å². The fourth-order valence-corrected chi connectivity index (χ4v) is 6.25. The lowest BCUT2D eigenvalue weighted by atomic mass is 9.74. The van der Waals surface area contributed by atoms with Crippen LogP contribution in [0.4, 0.5) is 0 Å². The van der Waals surface area contributed by atoms with Crippen LogP contribution in [0.3, 0.4) is 0 Å². The Morgan fingerprint density at radius 3 is 1.69 bits per heavy atom. The summed E-state index contributed by atoms with van der Waals surface area (Å²) < 4.78 is 6.53. The predicted molar refractivity (Wildman–Crippen MR) is 159 cm³/mol. The van der Waals surface area contributed by atoms with Crippen molar-refractivity contribution in [1.82, 2.24) is 4.90 Å². The van der Waals surface area contributed by atoms with Gasteiger partial charge in [-0.15, -0.1) is 0 Å². The number of hydrogen-bond acceptors (Lipinski definition) is 3. The summed E-state index contributed by atoms with van der Waals surface area (Å²) >= 11 is 5.02. The van der Waals surface area contributed by atoms with E-state index in [0.717, 1.165) is 19.5 Å². The van der Waals surface area contributed by atoms with Crippen LogP contribution in [0.5, 0.6) is 0 Å². The van der Waals surface area contributed by atoms with Crippen LogP contribution < -0.4 is 0 Å². The molecule has 4 heteroatoms. The zero-order chi connectivity index (χ0) is 25.8. The van der Waals surface area contributed by atoms with Crippen LogP contribution in [-0.2, 0) is 9.96 Å². The van der Waals surface area contributed by atoms with Crippen molar-refractivity contribution in [3.63, 3.8) is 0 Å². The lowest BCUT2D eigenvalue weighted by Crippen LogP contribution is -2.52. The Kier molecular flexibility index (Phi) is 8.31. The van der Waals surface area contributed by atoms with Gasteiger partial charge in [0, 0.05) is 18.3 Å². The van der Waals surface area contributed by atoms with Gasteiger partial charge in [0.05, 0.1) is 12.1 Å². The zero-order valence-electron chi connectivity index (χ0n) is 22.4. The minimum atomic E-state index is -1.81. The Morgan fingerprint density at radius 1 is 0.833 bits per heavy atom. The lowest BCUT2D eigenvalue weighted by molar-refractivity contribution is 0.153. The molecular weight excluding hydrogens is 475 g/mol. The van der Waals surface area contributed by atoms with Crippen molar-refractivity contribution < 1.29 is 4.43 Å². The standard InChI is InChI=1S/C32H41NOSSi/c1-31(2,3)36(4,5)34-24-22-26-25-33(23-21-30(26)35)32(27-15-9-6-10-16-27,28-17-11-7-12-18-28)29-19-13-8-14-20-29/h6-20,22,30,35H,21,23-25H2,1-5H3. The molecule has 1 atom stereocenters. The van der Waals surface area contributed by atoms with E-state index in [9.17, 15) is 0 Å². The first kappa shape index (κ1) is 26.9. The summed E-state index contributed by atoms with van der Waals surface area (Å²) in [6, 6.07) is 32.9. The first-order valence-electron chi connectivity index (χ1n) is 13.1. The first-order valence-corrected chi connectivity index (χ1v) is 16.5. The van der Waals surface area contributed by atoms with Crippen LogP contribution in [0, 0.1) is 0 Å². The molecule has 36 heavy (non-hydrogen) atoms. The third-order valence-electron chi connectivity index (χ3n) is 8.12. The summed E-state index contributed by atoms with van der Waals surface area (Å²) in [4.78, 5) is 2.65. The van der Waals surface area contributed by atoms with Crippen LogP contribution in [0.1, 0.15) is 43.9 Å². The Labute approximate surface area is 224 Å². The van der Waals surface area contributed by atoms with Gasteiger partial charge in [0.2, 0.25) is 0 Å². The molecule has 0 spiro atoms. The highest BCUT2D eigenvalue weighted by atomic mass is 32.1. The Bertz CT molecular complexity index is 1040. The molecule has 4 rings (SSSR count). The number of nitrogens with zero attached hydrogens (tertiary/aromatic N) is 1. The van der Waals surface area contributed by atoms with E-state index in [4.69, 9.17) is 17.1 Å². The molecule has 0 saturated carbocycles. The normalized spacial score (nSPS) is 18.9. The zero-order valence-corrected chi connectivity index (χ0v) is 24.3. The molecule has 1 heterocycles. The molecular formula is C32H41NOSSi. The SMILES string of the molecule is CC(C)(C)[Si](C)(C)OCC=C1CN(C(c2ccccc2)(c2ccccc2)c2ccccc2)CCC1S. The Hall–Kier alpha value is -2.11. The minimum absolute atomic E-state index is 0.202. The van der Waals surface area contributed by atoms with Gasteiger partial charge in [0.1, 0.15) is 0 Å². The van der Waals surface area contributed by atoms with Crippen LogP contribution in [-0.4, -0.2) is 38.2 Å². The van der Waals surface area contributed by atoms with Gasteiger partial charge in [-0.25, -0.2) is 0 Å².